The lowest BCUT2D eigenvalue weighted by Crippen LogP contribution is -2.43. The molecule has 2 aliphatic heterocycles. The van der Waals surface area contributed by atoms with E-state index in [1.807, 2.05) is 23.0 Å². The Morgan fingerprint density at radius 3 is 2.46 bits per heavy atom. The van der Waals surface area contributed by atoms with Crippen LogP contribution in [0, 0.1) is 11.7 Å². The molecule has 2 fully saturated rings. The van der Waals surface area contributed by atoms with Crippen LogP contribution in [-0.2, 0) is 12.1 Å². The minimum absolute atomic E-state index is 0.177. The van der Waals surface area contributed by atoms with Gasteiger partial charge in [0.1, 0.15) is 17.1 Å². The molecule has 2 aromatic rings. The molecule has 6 nitrogen and oxygen atoms in total. The SMILES string of the molecule is CC(C)(O)c1cn(CC2CCN([C@@H]3CCN(c4ccc(F)cc4)C3)CC2)nn1. The Kier molecular flexibility index (Phi) is 5.38. The van der Waals surface area contributed by atoms with Crippen LogP contribution in [0.25, 0.3) is 0 Å². The van der Waals surface area contributed by atoms with Gasteiger partial charge in [-0.25, -0.2) is 4.39 Å². The monoisotopic (exact) mass is 387 g/mol. The van der Waals surface area contributed by atoms with Crippen LogP contribution in [0.3, 0.4) is 0 Å². The predicted octanol–water partition coefficient (Wildman–Crippen LogP) is 2.64. The molecule has 7 heteroatoms. The molecule has 0 radical (unpaired) electrons. The molecule has 0 amide bonds. The molecule has 0 saturated carbocycles. The summed E-state index contributed by atoms with van der Waals surface area (Å²) in [5, 5.41) is 18.3. The Hall–Kier alpha value is -1.99. The molecule has 152 valence electrons. The van der Waals surface area contributed by atoms with Crippen LogP contribution in [0.15, 0.2) is 30.5 Å². The third-order valence-electron chi connectivity index (χ3n) is 6.13. The van der Waals surface area contributed by atoms with Crippen molar-refractivity contribution in [2.24, 2.45) is 5.92 Å². The molecule has 0 aliphatic carbocycles. The van der Waals surface area contributed by atoms with E-state index < -0.39 is 5.60 Å². The largest absolute Gasteiger partial charge is 0.384 e. The predicted molar refractivity (Wildman–Crippen MR) is 107 cm³/mol. The number of piperidine rings is 1. The number of benzene rings is 1. The maximum Gasteiger partial charge on any atom is 0.123 e. The molecule has 4 rings (SSSR count). The van der Waals surface area contributed by atoms with Crippen molar-refractivity contribution < 1.29 is 9.50 Å². The smallest absolute Gasteiger partial charge is 0.123 e. The van der Waals surface area contributed by atoms with E-state index in [9.17, 15) is 9.50 Å². The van der Waals surface area contributed by atoms with Crippen LogP contribution < -0.4 is 4.90 Å². The summed E-state index contributed by atoms with van der Waals surface area (Å²) >= 11 is 0. The third kappa shape index (κ3) is 4.36. The standard InChI is InChI=1S/C21H30FN5O/c1-21(2,28)20-15-27(24-23-20)13-16-7-10-25(11-8-16)19-9-12-26(14-19)18-5-3-17(22)4-6-18/h3-6,15-16,19,28H,7-14H2,1-2H3/t19-/m1/s1. The Morgan fingerprint density at radius 2 is 1.82 bits per heavy atom. The van der Waals surface area contributed by atoms with E-state index >= 15 is 0 Å². The van der Waals surface area contributed by atoms with Crippen molar-refractivity contribution in [3.8, 4) is 0 Å². The van der Waals surface area contributed by atoms with Gasteiger partial charge in [0.2, 0.25) is 0 Å². The number of hydrogen-bond donors (Lipinski definition) is 1. The number of aliphatic hydroxyl groups is 1. The first-order chi connectivity index (χ1) is 13.4. The number of hydrogen-bond acceptors (Lipinski definition) is 5. The molecule has 0 bridgehead atoms. The fourth-order valence-corrected chi connectivity index (χ4v) is 4.36. The van der Waals surface area contributed by atoms with E-state index in [1.165, 1.54) is 6.42 Å². The number of nitrogens with zero attached hydrogens (tertiary/aromatic N) is 5. The molecule has 2 aliphatic rings. The zero-order valence-corrected chi connectivity index (χ0v) is 16.8. The van der Waals surface area contributed by atoms with Gasteiger partial charge in [-0.05, 0) is 76.4 Å². The molecular weight excluding hydrogens is 357 g/mol. The van der Waals surface area contributed by atoms with Crippen LogP contribution in [-0.4, -0.2) is 57.2 Å². The highest BCUT2D eigenvalue weighted by atomic mass is 19.1. The molecule has 0 unspecified atom stereocenters. The van der Waals surface area contributed by atoms with Crippen LogP contribution in [0.5, 0.6) is 0 Å². The zero-order valence-electron chi connectivity index (χ0n) is 16.8. The number of rotatable bonds is 5. The minimum Gasteiger partial charge on any atom is -0.384 e. The molecule has 2 saturated heterocycles. The van der Waals surface area contributed by atoms with Crippen molar-refractivity contribution in [3.05, 3.63) is 42.0 Å². The number of likely N-dealkylation sites (tertiary alicyclic amines) is 1. The van der Waals surface area contributed by atoms with Crippen molar-refractivity contribution >= 4 is 5.69 Å². The summed E-state index contributed by atoms with van der Waals surface area (Å²) in [5.41, 5.74) is 0.796. The maximum absolute atomic E-state index is 13.1. The lowest BCUT2D eigenvalue weighted by atomic mass is 9.95. The van der Waals surface area contributed by atoms with Crippen LogP contribution in [0.1, 0.15) is 38.8 Å². The van der Waals surface area contributed by atoms with Gasteiger partial charge in [0.05, 0.1) is 6.20 Å². The normalized spacial score (nSPS) is 22.1. The lowest BCUT2D eigenvalue weighted by Gasteiger charge is -2.36. The fourth-order valence-electron chi connectivity index (χ4n) is 4.36. The number of anilines is 1. The highest BCUT2D eigenvalue weighted by molar-refractivity contribution is 5.47. The topological polar surface area (TPSA) is 57.4 Å². The summed E-state index contributed by atoms with van der Waals surface area (Å²) < 4.78 is 15.0. The molecule has 1 aromatic heterocycles. The second kappa shape index (κ2) is 7.79. The van der Waals surface area contributed by atoms with Gasteiger partial charge >= 0.3 is 0 Å². The summed E-state index contributed by atoms with van der Waals surface area (Å²) in [6.45, 7) is 8.61. The second-order valence-corrected chi connectivity index (χ2v) is 8.73. The highest BCUT2D eigenvalue weighted by Crippen LogP contribution is 2.27. The van der Waals surface area contributed by atoms with E-state index in [-0.39, 0.29) is 5.82 Å². The Labute approximate surface area is 165 Å². The number of aromatic nitrogens is 3. The van der Waals surface area contributed by atoms with Gasteiger partial charge in [-0.1, -0.05) is 5.21 Å². The van der Waals surface area contributed by atoms with E-state index in [1.54, 1.807) is 26.0 Å². The highest BCUT2D eigenvalue weighted by Gasteiger charge is 2.31. The molecule has 1 aromatic carbocycles. The summed E-state index contributed by atoms with van der Waals surface area (Å²) in [7, 11) is 0. The number of halogens is 1. The first kappa shape index (κ1) is 19.3. The van der Waals surface area contributed by atoms with Crippen molar-refractivity contribution in [2.75, 3.05) is 31.1 Å². The zero-order chi connectivity index (χ0) is 19.7. The third-order valence-corrected chi connectivity index (χ3v) is 6.13. The first-order valence-corrected chi connectivity index (χ1v) is 10.3. The second-order valence-electron chi connectivity index (χ2n) is 8.73. The van der Waals surface area contributed by atoms with Crippen molar-refractivity contribution in [2.45, 2.75) is 51.3 Å². The van der Waals surface area contributed by atoms with Crippen LogP contribution in [0.4, 0.5) is 10.1 Å². The van der Waals surface area contributed by atoms with E-state index in [0.29, 0.717) is 17.7 Å². The van der Waals surface area contributed by atoms with E-state index in [4.69, 9.17) is 0 Å². The summed E-state index contributed by atoms with van der Waals surface area (Å²) in [6.07, 6.45) is 5.35. The average Bonchev–Trinajstić information content (AvgIpc) is 3.33. The van der Waals surface area contributed by atoms with Gasteiger partial charge in [-0.3, -0.25) is 9.58 Å². The van der Waals surface area contributed by atoms with Crippen LogP contribution in [0.2, 0.25) is 0 Å². The molecule has 28 heavy (non-hydrogen) atoms. The fraction of sp³-hybridized carbons (Fsp3) is 0.619. The van der Waals surface area contributed by atoms with Gasteiger partial charge in [0.25, 0.3) is 0 Å². The van der Waals surface area contributed by atoms with Crippen molar-refractivity contribution in [1.29, 1.82) is 0 Å². The van der Waals surface area contributed by atoms with Crippen LogP contribution >= 0.6 is 0 Å². The Balaban J connectivity index is 1.26. The molecular formula is C21H30FN5O. The Morgan fingerprint density at radius 1 is 1.11 bits per heavy atom. The Bertz CT molecular complexity index is 777. The minimum atomic E-state index is -0.944. The van der Waals surface area contributed by atoms with Crippen molar-refractivity contribution in [1.82, 2.24) is 19.9 Å². The van der Waals surface area contributed by atoms with Gasteiger partial charge in [0.15, 0.2) is 0 Å². The average molecular weight is 388 g/mol. The van der Waals surface area contributed by atoms with E-state index in [2.05, 4.69) is 20.1 Å². The quantitative estimate of drug-likeness (QED) is 0.855. The van der Waals surface area contributed by atoms with Gasteiger partial charge in [-0.15, -0.1) is 5.10 Å². The summed E-state index contributed by atoms with van der Waals surface area (Å²) in [5.74, 6) is 0.422. The first-order valence-electron chi connectivity index (χ1n) is 10.3. The maximum atomic E-state index is 13.1. The molecule has 3 heterocycles. The van der Waals surface area contributed by atoms with Gasteiger partial charge < -0.3 is 10.0 Å². The molecule has 1 atom stereocenters. The summed E-state index contributed by atoms with van der Waals surface area (Å²) in [4.78, 5) is 4.98. The molecule has 1 N–H and O–H groups in total. The van der Waals surface area contributed by atoms with Gasteiger partial charge in [-0.2, -0.15) is 0 Å². The molecule has 0 spiro atoms. The van der Waals surface area contributed by atoms with Crippen molar-refractivity contribution in [3.63, 3.8) is 0 Å². The van der Waals surface area contributed by atoms with E-state index in [0.717, 1.165) is 51.3 Å². The lowest BCUT2D eigenvalue weighted by molar-refractivity contribution is 0.0737. The summed E-state index contributed by atoms with van der Waals surface area (Å²) in [6, 6.07) is 7.43. The van der Waals surface area contributed by atoms with Gasteiger partial charge in [0, 0.05) is 31.4 Å².